The molecule has 0 aliphatic carbocycles. The largest absolute Gasteiger partial charge is 0.496 e. The highest BCUT2D eigenvalue weighted by atomic mass is 79.9. The van der Waals surface area contributed by atoms with E-state index >= 15 is 0 Å². The number of hydrogen-bond donors (Lipinski definition) is 1. The maximum absolute atomic E-state index is 8.89. The molecule has 90 valence electrons. The lowest BCUT2D eigenvalue weighted by Crippen LogP contribution is -1.87. The summed E-state index contributed by atoms with van der Waals surface area (Å²) >= 11 is 5.02. The Labute approximate surface area is 112 Å². The number of methoxy groups -OCH3 is 1. The van der Waals surface area contributed by atoms with Crippen molar-refractivity contribution in [3.05, 3.63) is 33.7 Å². The Hall–Kier alpha value is -0.910. The van der Waals surface area contributed by atoms with E-state index in [0.29, 0.717) is 6.42 Å². The number of aliphatic hydroxyl groups excluding tert-OH is 1. The van der Waals surface area contributed by atoms with Crippen LogP contribution in [0.5, 0.6) is 5.75 Å². The molecule has 0 spiro atoms. The van der Waals surface area contributed by atoms with Gasteiger partial charge in [0.1, 0.15) is 10.8 Å². The van der Waals surface area contributed by atoms with E-state index in [9.17, 15) is 0 Å². The Balaban J connectivity index is 2.40. The van der Waals surface area contributed by atoms with Crippen LogP contribution in [-0.4, -0.2) is 23.8 Å². The van der Waals surface area contributed by atoms with E-state index in [1.807, 2.05) is 18.2 Å². The highest BCUT2D eigenvalue weighted by Gasteiger charge is 2.10. The van der Waals surface area contributed by atoms with Crippen molar-refractivity contribution in [2.75, 3.05) is 13.7 Å². The molecule has 0 atom stereocenters. The fourth-order valence-electron chi connectivity index (χ4n) is 1.51. The molecule has 0 saturated heterocycles. The summed E-state index contributed by atoms with van der Waals surface area (Å²) in [6, 6.07) is 5.83. The third kappa shape index (κ3) is 2.86. The van der Waals surface area contributed by atoms with E-state index in [1.54, 1.807) is 24.6 Å². The number of ether oxygens (including phenoxy) is 1. The van der Waals surface area contributed by atoms with Crippen molar-refractivity contribution < 1.29 is 9.84 Å². The van der Waals surface area contributed by atoms with Crippen molar-refractivity contribution in [2.45, 2.75) is 6.42 Å². The Morgan fingerprint density at radius 3 is 3.00 bits per heavy atom. The van der Waals surface area contributed by atoms with Crippen LogP contribution in [0.25, 0.3) is 10.6 Å². The number of hydrogen-bond acceptors (Lipinski definition) is 4. The van der Waals surface area contributed by atoms with Crippen LogP contribution >= 0.6 is 27.3 Å². The molecule has 0 bridgehead atoms. The van der Waals surface area contributed by atoms with E-state index < -0.39 is 0 Å². The van der Waals surface area contributed by atoms with Gasteiger partial charge in [0.2, 0.25) is 0 Å². The molecule has 5 heteroatoms. The van der Waals surface area contributed by atoms with Gasteiger partial charge in [0.25, 0.3) is 0 Å². The zero-order valence-corrected chi connectivity index (χ0v) is 11.7. The molecule has 0 saturated carbocycles. The number of aromatic nitrogens is 1. The fraction of sp³-hybridized carbons (Fsp3) is 0.250. The summed E-state index contributed by atoms with van der Waals surface area (Å²) in [6.45, 7) is 0.150. The Bertz CT molecular complexity index is 513. The molecule has 0 amide bonds. The van der Waals surface area contributed by atoms with Crippen molar-refractivity contribution in [1.29, 1.82) is 0 Å². The predicted molar refractivity (Wildman–Crippen MR) is 72.6 cm³/mol. The molecule has 1 aromatic heterocycles. The summed E-state index contributed by atoms with van der Waals surface area (Å²) in [5.41, 5.74) is 0.969. The van der Waals surface area contributed by atoms with E-state index in [-0.39, 0.29) is 6.61 Å². The quantitative estimate of drug-likeness (QED) is 0.943. The molecular formula is C12H12BrNO2S. The molecule has 2 aromatic rings. The summed E-state index contributed by atoms with van der Waals surface area (Å²) in [5, 5.41) is 9.80. The third-order valence-corrected chi connectivity index (χ3v) is 3.89. The minimum atomic E-state index is 0.150. The minimum absolute atomic E-state index is 0.150. The zero-order chi connectivity index (χ0) is 12.3. The maximum atomic E-state index is 8.89. The van der Waals surface area contributed by atoms with Gasteiger partial charge < -0.3 is 9.84 Å². The SMILES string of the molecule is COc1ccc(Br)cc1-c1ncc(CCO)s1. The first-order chi connectivity index (χ1) is 8.24. The smallest absolute Gasteiger partial charge is 0.129 e. The van der Waals surface area contributed by atoms with Crippen molar-refractivity contribution in [3.8, 4) is 16.3 Å². The summed E-state index contributed by atoms with van der Waals surface area (Å²) in [4.78, 5) is 5.43. The molecule has 1 aromatic carbocycles. The van der Waals surface area contributed by atoms with E-state index in [0.717, 1.165) is 25.7 Å². The van der Waals surface area contributed by atoms with Crippen LogP contribution in [-0.2, 0) is 6.42 Å². The van der Waals surface area contributed by atoms with Crippen LogP contribution in [0.2, 0.25) is 0 Å². The van der Waals surface area contributed by atoms with Gasteiger partial charge in [0, 0.05) is 28.6 Å². The molecule has 2 rings (SSSR count). The van der Waals surface area contributed by atoms with Gasteiger partial charge in [-0.15, -0.1) is 11.3 Å². The monoisotopic (exact) mass is 313 g/mol. The molecule has 0 aliphatic rings. The molecule has 3 nitrogen and oxygen atoms in total. The Morgan fingerprint density at radius 2 is 2.29 bits per heavy atom. The first-order valence-electron chi connectivity index (χ1n) is 5.14. The number of halogens is 1. The molecule has 1 heterocycles. The topological polar surface area (TPSA) is 42.4 Å². The molecule has 0 aliphatic heterocycles. The van der Waals surface area contributed by atoms with Crippen LogP contribution in [0.4, 0.5) is 0 Å². The van der Waals surface area contributed by atoms with Gasteiger partial charge in [0.05, 0.1) is 12.7 Å². The van der Waals surface area contributed by atoms with Crippen LogP contribution in [0.15, 0.2) is 28.9 Å². The van der Waals surface area contributed by atoms with Gasteiger partial charge in [0.15, 0.2) is 0 Å². The van der Waals surface area contributed by atoms with Crippen molar-refractivity contribution in [3.63, 3.8) is 0 Å². The standard InChI is InChI=1S/C12H12BrNO2S/c1-16-11-3-2-8(13)6-10(11)12-14-7-9(17-12)4-5-15/h2-3,6-7,15H,4-5H2,1H3. The fourth-order valence-corrected chi connectivity index (χ4v) is 2.79. The molecular weight excluding hydrogens is 302 g/mol. The molecule has 17 heavy (non-hydrogen) atoms. The second-order valence-electron chi connectivity index (χ2n) is 3.45. The lowest BCUT2D eigenvalue weighted by atomic mass is 10.2. The number of nitrogens with zero attached hydrogens (tertiary/aromatic N) is 1. The summed E-state index contributed by atoms with van der Waals surface area (Å²) in [5.74, 6) is 0.804. The second kappa shape index (κ2) is 5.62. The van der Waals surface area contributed by atoms with Gasteiger partial charge >= 0.3 is 0 Å². The van der Waals surface area contributed by atoms with E-state index in [2.05, 4.69) is 20.9 Å². The first-order valence-corrected chi connectivity index (χ1v) is 6.75. The first kappa shape index (κ1) is 12.5. The molecule has 0 fully saturated rings. The summed E-state index contributed by atoms with van der Waals surface area (Å²) in [7, 11) is 1.65. The normalized spacial score (nSPS) is 10.5. The number of benzene rings is 1. The number of aliphatic hydroxyl groups is 1. The van der Waals surface area contributed by atoms with Gasteiger partial charge in [-0.2, -0.15) is 0 Å². The highest BCUT2D eigenvalue weighted by Crippen LogP contribution is 2.35. The molecule has 1 N–H and O–H groups in total. The van der Waals surface area contributed by atoms with Gasteiger partial charge in [-0.3, -0.25) is 0 Å². The minimum Gasteiger partial charge on any atom is -0.496 e. The number of thiazole rings is 1. The van der Waals surface area contributed by atoms with Gasteiger partial charge in [-0.1, -0.05) is 15.9 Å². The average Bonchev–Trinajstić information content (AvgIpc) is 2.78. The number of rotatable bonds is 4. The predicted octanol–water partition coefficient (Wildman–Crippen LogP) is 3.12. The van der Waals surface area contributed by atoms with Crippen LogP contribution in [0.3, 0.4) is 0 Å². The lowest BCUT2D eigenvalue weighted by Gasteiger charge is -2.05. The van der Waals surface area contributed by atoms with Crippen LogP contribution in [0, 0.1) is 0 Å². The molecule has 0 radical (unpaired) electrons. The Morgan fingerprint density at radius 1 is 1.47 bits per heavy atom. The zero-order valence-electron chi connectivity index (χ0n) is 9.31. The van der Waals surface area contributed by atoms with Crippen LogP contribution in [0.1, 0.15) is 4.88 Å². The van der Waals surface area contributed by atoms with E-state index in [4.69, 9.17) is 9.84 Å². The van der Waals surface area contributed by atoms with Crippen molar-refractivity contribution >= 4 is 27.3 Å². The average molecular weight is 314 g/mol. The third-order valence-electron chi connectivity index (χ3n) is 2.30. The van der Waals surface area contributed by atoms with E-state index in [1.165, 1.54) is 0 Å². The van der Waals surface area contributed by atoms with Crippen molar-refractivity contribution in [1.82, 2.24) is 4.98 Å². The second-order valence-corrected chi connectivity index (χ2v) is 5.48. The molecule has 0 unspecified atom stereocenters. The maximum Gasteiger partial charge on any atom is 0.129 e. The summed E-state index contributed by atoms with van der Waals surface area (Å²) in [6.07, 6.45) is 2.45. The summed E-state index contributed by atoms with van der Waals surface area (Å²) < 4.78 is 6.31. The van der Waals surface area contributed by atoms with Crippen LogP contribution < -0.4 is 4.74 Å². The van der Waals surface area contributed by atoms with Crippen molar-refractivity contribution in [2.24, 2.45) is 0 Å². The Kier molecular flexibility index (Phi) is 4.15. The van der Waals surface area contributed by atoms with Gasteiger partial charge in [-0.25, -0.2) is 4.98 Å². The lowest BCUT2D eigenvalue weighted by molar-refractivity contribution is 0.300. The highest BCUT2D eigenvalue weighted by molar-refractivity contribution is 9.10. The van der Waals surface area contributed by atoms with Gasteiger partial charge in [-0.05, 0) is 18.2 Å².